The Hall–Kier alpha value is -2.53. The van der Waals surface area contributed by atoms with E-state index in [1.54, 1.807) is 19.1 Å². The molecule has 2 aromatic carbocycles. The zero-order valence-electron chi connectivity index (χ0n) is 14.0. The van der Waals surface area contributed by atoms with Crippen molar-refractivity contribution in [1.82, 2.24) is 0 Å². The van der Waals surface area contributed by atoms with Crippen molar-refractivity contribution in [2.45, 2.75) is 19.8 Å². The molecule has 0 aromatic heterocycles. The first kappa shape index (κ1) is 17.3. The Kier molecular flexibility index (Phi) is 5.56. The number of aryl methyl sites for hydroxylation is 1. The van der Waals surface area contributed by atoms with Gasteiger partial charge in [-0.1, -0.05) is 41.9 Å². The number of benzene rings is 2. The second-order valence-corrected chi connectivity index (χ2v) is 6.04. The molecule has 2 aromatic rings. The van der Waals surface area contributed by atoms with Crippen molar-refractivity contribution in [2.24, 2.45) is 5.10 Å². The summed E-state index contributed by atoms with van der Waals surface area (Å²) in [5.74, 6) is -0.229. The topological polar surface area (TPSA) is 53.9 Å². The van der Waals surface area contributed by atoms with E-state index in [1.807, 2.05) is 35.2 Å². The number of anilines is 2. The highest BCUT2D eigenvalue weighted by molar-refractivity contribution is 6.41. The molecule has 1 aliphatic heterocycles. The van der Waals surface area contributed by atoms with Crippen molar-refractivity contribution in [3.63, 3.8) is 0 Å². The lowest BCUT2D eigenvalue weighted by atomic mass is 10.0. The SMILES string of the molecule is CCOC(=O)/C(=N/Nc1ccccc1Cl)N1CCCc2ccccc21. The van der Waals surface area contributed by atoms with Gasteiger partial charge < -0.3 is 9.64 Å². The van der Waals surface area contributed by atoms with Gasteiger partial charge in [-0.05, 0) is 43.5 Å². The van der Waals surface area contributed by atoms with Crippen LogP contribution in [0.25, 0.3) is 0 Å². The maximum absolute atomic E-state index is 12.5. The van der Waals surface area contributed by atoms with Gasteiger partial charge in [0.25, 0.3) is 0 Å². The lowest BCUT2D eigenvalue weighted by molar-refractivity contribution is -0.135. The molecule has 0 aliphatic carbocycles. The molecule has 3 rings (SSSR count). The van der Waals surface area contributed by atoms with Crippen LogP contribution in [0.1, 0.15) is 18.9 Å². The summed E-state index contributed by atoms with van der Waals surface area (Å²) >= 11 is 6.15. The number of hydrogen-bond acceptors (Lipinski definition) is 4. The number of hydrogen-bond donors (Lipinski definition) is 1. The molecule has 0 fully saturated rings. The second kappa shape index (κ2) is 8.03. The normalized spacial score (nSPS) is 14.0. The van der Waals surface area contributed by atoms with Gasteiger partial charge in [-0.2, -0.15) is 0 Å². The molecular formula is C19H20ClN3O2. The summed E-state index contributed by atoms with van der Waals surface area (Å²) in [6.07, 6.45) is 1.93. The van der Waals surface area contributed by atoms with Crippen LogP contribution in [0.4, 0.5) is 11.4 Å². The number of esters is 1. The fraction of sp³-hybridized carbons (Fsp3) is 0.263. The summed E-state index contributed by atoms with van der Waals surface area (Å²) in [5.41, 5.74) is 5.71. The Morgan fingerprint density at radius 3 is 2.80 bits per heavy atom. The smallest absolute Gasteiger partial charge is 0.376 e. The van der Waals surface area contributed by atoms with E-state index < -0.39 is 5.97 Å². The van der Waals surface area contributed by atoms with Crippen molar-refractivity contribution >= 4 is 34.8 Å². The van der Waals surface area contributed by atoms with Crippen molar-refractivity contribution in [2.75, 3.05) is 23.5 Å². The maximum Gasteiger partial charge on any atom is 0.376 e. The molecule has 1 N–H and O–H groups in total. The monoisotopic (exact) mass is 357 g/mol. The number of para-hydroxylation sites is 2. The van der Waals surface area contributed by atoms with Crippen LogP contribution in [0.3, 0.4) is 0 Å². The van der Waals surface area contributed by atoms with Gasteiger partial charge >= 0.3 is 5.97 Å². The van der Waals surface area contributed by atoms with Crippen LogP contribution in [0.2, 0.25) is 5.02 Å². The first-order valence-electron chi connectivity index (χ1n) is 8.31. The van der Waals surface area contributed by atoms with Crippen molar-refractivity contribution in [1.29, 1.82) is 0 Å². The molecule has 1 heterocycles. The van der Waals surface area contributed by atoms with Gasteiger partial charge in [0.05, 0.1) is 17.3 Å². The predicted octanol–water partition coefficient (Wildman–Crippen LogP) is 4.08. The van der Waals surface area contributed by atoms with Crippen LogP contribution in [-0.4, -0.2) is 25.0 Å². The number of amidine groups is 1. The number of ether oxygens (including phenoxy) is 1. The van der Waals surface area contributed by atoms with E-state index in [-0.39, 0.29) is 5.84 Å². The van der Waals surface area contributed by atoms with Crippen molar-refractivity contribution in [3.05, 3.63) is 59.1 Å². The van der Waals surface area contributed by atoms with Crippen LogP contribution in [0.15, 0.2) is 53.6 Å². The summed E-state index contributed by atoms with van der Waals surface area (Å²) in [6, 6.07) is 15.3. The Morgan fingerprint density at radius 1 is 1.24 bits per heavy atom. The molecule has 0 spiro atoms. The van der Waals surface area contributed by atoms with Gasteiger partial charge in [-0.3, -0.25) is 5.43 Å². The fourth-order valence-electron chi connectivity index (χ4n) is 2.83. The molecule has 6 heteroatoms. The predicted molar refractivity (Wildman–Crippen MR) is 101 cm³/mol. The van der Waals surface area contributed by atoms with E-state index in [1.165, 1.54) is 5.56 Å². The molecule has 0 bridgehead atoms. The average Bonchev–Trinajstić information content (AvgIpc) is 2.64. The van der Waals surface area contributed by atoms with Gasteiger partial charge in [-0.15, -0.1) is 5.10 Å². The van der Waals surface area contributed by atoms with Gasteiger partial charge in [0.15, 0.2) is 0 Å². The zero-order valence-corrected chi connectivity index (χ0v) is 14.8. The summed E-state index contributed by atoms with van der Waals surface area (Å²) in [4.78, 5) is 14.4. The van der Waals surface area contributed by atoms with E-state index in [0.717, 1.165) is 18.5 Å². The highest BCUT2D eigenvalue weighted by atomic mass is 35.5. The molecule has 0 unspecified atom stereocenters. The first-order valence-corrected chi connectivity index (χ1v) is 8.69. The summed E-state index contributed by atoms with van der Waals surface area (Å²) in [7, 11) is 0. The van der Waals surface area contributed by atoms with Crippen LogP contribution in [0, 0.1) is 0 Å². The van der Waals surface area contributed by atoms with E-state index in [9.17, 15) is 4.79 Å². The third-order valence-electron chi connectivity index (χ3n) is 3.98. The standard InChI is InChI=1S/C19H20ClN3O2/c1-2-25-19(24)18(22-21-16-11-5-4-10-15(16)20)23-13-7-9-14-8-3-6-12-17(14)23/h3-6,8,10-12,21H,2,7,9,13H2,1H3/b22-18-. The number of nitrogens with zero attached hydrogens (tertiary/aromatic N) is 2. The zero-order chi connectivity index (χ0) is 17.6. The van der Waals surface area contributed by atoms with Crippen LogP contribution < -0.4 is 10.3 Å². The van der Waals surface area contributed by atoms with Gasteiger partial charge in [0, 0.05) is 12.2 Å². The number of carbonyl (C=O) groups is 1. The second-order valence-electron chi connectivity index (χ2n) is 5.63. The minimum Gasteiger partial charge on any atom is -0.460 e. The maximum atomic E-state index is 12.5. The van der Waals surface area contributed by atoms with Gasteiger partial charge in [0.2, 0.25) is 5.84 Å². The molecule has 0 saturated carbocycles. The molecule has 25 heavy (non-hydrogen) atoms. The molecule has 1 aliphatic rings. The van der Waals surface area contributed by atoms with Crippen LogP contribution in [-0.2, 0) is 16.0 Å². The highest BCUT2D eigenvalue weighted by Crippen LogP contribution is 2.27. The van der Waals surface area contributed by atoms with Crippen LogP contribution >= 0.6 is 11.6 Å². The van der Waals surface area contributed by atoms with E-state index in [2.05, 4.69) is 16.6 Å². The Bertz CT molecular complexity index is 792. The molecular weight excluding hydrogens is 338 g/mol. The number of carbonyl (C=O) groups excluding carboxylic acids is 1. The highest BCUT2D eigenvalue weighted by Gasteiger charge is 2.26. The fourth-order valence-corrected chi connectivity index (χ4v) is 3.01. The molecule has 0 atom stereocenters. The lowest BCUT2D eigenvalue weighted by Crippen LogP contribution is -2.41. The first-order chi connectivity index (χ1) is 12.2. The molecule has 0 radical (unpaired) electrons. The van der Waals surface area contributed by atoms with E-state index >= 15 is 0 Å². The summed E-state index contributed by atoms with van der Waals surface area (Å²) in [6.45, 7) is 2.78. The minimum atomic E-state index is -0.459. The van der Waals surface area contributed by atoms with Crippen molar-refractivity contribution < 1.29 is 9.53 Å². The number of nitrogens with one attached hydrogen (secondary N) is 1. The van der Waals surface area contributed by atoms with E-state index in [4.69, 9.17) is 16.3 Å². The molecule has 5 nitrogen and oxygen atoms in total. The molecule has 130 valence electrons. The third-order valence-corrected chi connectivity index (χ3v) is 4.31. The Balaban J connectivity index is 1.94. The van der Waals surface area contributed by atoms with Crippen LogP contribution in [0.5, 0.6) is 0 Å². The quantitative estimate of drug-likeness (QED) is 0.389. The molecule has 0 amide bonds. The summed E-state index contributed by atoms with van der Waals surface area (Å²) < 4.78 is 5.21. The third kappa shape index (κ3) is 3.94. The van der Waals surface area contributed by atoms with Gasteiger partial charge in [-0.25, -0.2) is 4.79 Å². The number of hydrazone groups is 1. The Labute approximate surface area is 152 Å². The lowest BCUT2D eigenvalue weighted by Gasteiger charge is -2.30. The van der Waals surface area contributed by atoms with Gasteiger partial charge in [0.1, 0.15) is 0 Å². The number of rotatable bonds is 3. The average molecular weight is 358 g/mol. The summed E-state index contributed by atoms with van der Waals surface area (Å²) in [5, 5.41) is 4.87. The largest absolute Gasteiger partial charge is 0.460 e. The van der Waals surface area contributed by atoms with Crippen molar-refractivity contribution in [3.8, 4) is 0 Å². The minimum absolute atomic E-state index is 0.230. The Morgan fingerprint density at radius 2 is 2.00 bits per heavy atom. The van der Waals surface area contributed by atoms with E-state index in [0.29, 0.717) is 23.9 Å². The number of fused-ring (bicyclic) bond motifs is 1. The molecule has 0 saturated heterocycles. The number of halogens is 1.